The van der Waals surface area contributed by atoms with Crippen LogP contribution in [0.4, 0.5) is 23.0 Å². The van der Waals surface area contributed by atoms with Gasteiger partial charge in [0.2, 0.25) is 17.8 Å². The average molecular weight is 627 g/mol. The quantitative estimate of drug-likeness (QED) is 0.122. The van der Waals surface area contributed by atoms with Crippen LogP contribution in [0.25, 0.3) is 11.3 Å². The van der Waals surface area contributed by atoms with E-state index in [0.29, 0.717) is 43.1 Å². The van der Waals surface area contributed by atoms with E-state index in [-0.39, 0.29) is 17.7 Å². The highest BCUT2D eigenvalue weighted by atomic mass is 16.2. The molecule has 0 saturated carbocycles. The molecule has 2 aromatic heterocycles. The topological polar surface area (TPSA) is 150 Å². The maximum Gasteiger partial charge on any atom is 0.255 e. The van der Waals surface area contributed by atoms with Gasteiger partial charge in [-0.25, -0.2) is 9.97 Å². The van der Waals surface area contributed by atoms with E-state index < -0.39 is 6.04 Å². The summed E-state index contributed by atoms with van der Waals surface area (Å²) in [7, 11) is 0. The van der Waals surface area contributed by atoms with Gasteiger partial charge < -0.3 is 21.3 Å². The van der Waals surface area contributed by atoms with E-state index in [0.717, 1.165) is 39.3 Å². The first-order valence-electron chi connectivity index (χ1n) is 15.3. The van der Waals surface area contributed by atoms with Crippen molar-refractivity contribution in [3.05, 3.63) is 126 Å². The van der Waals surface area contributed by atoms with Crippen molar-refractivity contribution in [2.24, 2.45) is 0 Å². The number of aromatic nitrogens is 3. The molecule has 3 heterocycles. The monoisotopic (exact) mass is 626 g/mol. The molecule has 0 radical (unpaired) electrons. The summed E-state index contributed by atoms with van der Waals surface area (Å²) < 4.78 is 0. The summed E-state index contributed by atoms with van der Waals surface area (Å²) in [6.07, 6.45) is 5.97. The number of hydrogen-bond donors (Lipinski definition) is 5. The fourth-order valence-electron chi connectivity index (χ4n) is 5.18. The largest absolute Gasteiger partial charge is 0.374 e. The molecule has 1 atom stereocenters. The summed E-state index contributed by atoms with van der Waals surface area (Å²) in [5, 5.41) is 15.3. The number of hydrogen-bond acceptors (Lipinski definition) is 9. The Balaban J connectivity index is 1.01. The first-order valence-corrected chi connectivity index (χ1v) is 15.3. The van der Waals surface area contributed by atoms with Gasteiger partial charge in [-0.05, 0) is 84.6 Å². The minimum absolute atomic E-state index is 0.213. The lowest BCUT2D eigenvalue weighted by molar-refractivity contribution is -0.133. The number of carbonyl (C=O) groups is 3. The van der Waals surface area contributed by atoms with Crippen molar-refractivity contribution in [3.8, 4) is 11.3 Å². The number of pyridine rings is 1. The van der Waals surface area contributed by atoms with Crippen LogP contribution in [-0.4, -0.2) is 38.7 Å². The summed E-state index contributed by atoms with van der Waals surface area (Å²) in [6, 6.07) is 26.2. The van der Waals surface area contributed by atoms with Crippen LogP contribution in [0.5, 0.6) is 0 Å². The van der Waals surface area contributed by atoms with E-state index in [1.807, 2.05) is 91.9 Å². The molecule has 5 aromatic rings. The molecule has 3 aromatic carbocycles. The van der Waals surface area contributed by atoms with Gasteiger partial charge in [-0.3, -0.25) is 24.7 Å². The number of imide groups is 1. The van der Waals surface area contributed by atoms with Crippen LogP contribution >= 0.6 is 0 Å². The molecule has 1 fully saturated rings. The highest BCUT2D eigenvalue weighted by molar-refractivity contribution is 6.04. The number of rotatable bonds is 11. The van der Waals surface area contributed by atoms with E-state index in [9.17, 15) is 14.4 Å². The maximum atomic E-state index is 13.1. The molecular weight excluding hydrogens is 592 g/mol. The van der Waals surface area contributed by atoms with E-state index in [1.54, 1.807) is 18.6 Å². The highest BCUT2D eigenvalue weighted by Crippen LogP contribution is 2.25. The molecule has 0 aliphatic carbocycles. The zero-order valence-corrected chi connectivity index (χ0v) is 25.8. The molecule has 1 unspecified atom stereocenters. The molecule has 1 aliphatic heterocycles. The van der Waals surface area contributed by atoms with Crippen LogP contribution in [0, 0.1) is 6.92 Å². The summed E-state index contributed by atoms with van der Waals surface area (Å²) in [6.45, 7) is 3.21. The lowest BCUT2D eigenvalue weighted by Crippen LogP contribution is -2.47. The number of anilines is 4. The first-order chi connectivity index (χ1) is 22.9. The van der Waals surface area contributed by atoms with Crippen molar-refractivity contribution in [2.45, 2.75) is 38.9 Å². The molecule has 11 heteroatoms. The van der Waals surface area contributed by atoms with Crippen LogP contribution in [0.15, 0.2) is 104 Å². The molecule has 1 aliphatic rings. The summed E-state index contributed by atoms with van der Waals surface area (Å²) in [5.74, 6) is -0.297. The smallest absolute Gasteiger partial charge is 0.255 e. The van der Waals surface area contributed by atoms with Crippen molar-refractivity contribution >= 4 is 40.7 Å². The van der Waals surface area contributed by atoms with E-state index in [2.05, 4.69) is 41.5 Å². The highest BCUT2D eigenvalue weighted by Gasteiger charge is 2.26. The van der Waals surface area contributed by atoms with E-state index >= 15 is 0 Å². The maximum absolute atomic E-state index is 13.1. The minimum Gasteiger partial charge on any atom is -0.374 e. The Kier molecular flexibility index (Phi) is 9.54. The molecule has 1 saturated heterocycles. The number of carbonyl (C=O) groups excluding carboxylic acids is 3. The van der Waals surface area contributed by atoms with E-state index in [4.69, 9.17) is 0 Å². The van der Waals surface area contributed by atoms with Gasteiger partial charge in [0.05, 0.1) is 5.69 Å². The van der Waals surface area contributed by atoms with Crippen molar-refractivity contribution in [1.29, 1.82) is 0 Å². The number of amides is 3. The Hall–Kier alpha value is -5.94. The molecular formula is C36H34N8O3. The predicted octanol–water partition coefficient (Wildman–Crippen LogP) is 5.35. The fourth-order valence-corrected chi connectivity index (χ4v) is 5.18. The second kappa shape index (κ2) is 14.4. The third-order valence-electron chi connectivity index (χ3n) is 7.74. The van der Waals surface area contributed by atoms with Crippen molar-refractivity contribution in [1.82, 2.24) is 25.6 Å². The molecule has 5 N–H and O–H groups in total. The van der Waals surface area contributed by atoms with Crippen molar-refractivity contribution < 1.29 is 14.4 Å². The number of aryl methyl sites for hydroxylation is 1. The molecule has 236 valence electrons. The summed E-state index contributed by atoms with van der Waals surface area (Å²) in [5.41, 5.74) is 7.52. The molecule has 11 nitrogen and oxygen atoms in total. The Morgan fingerprint density at radius 3 is 2.55 bits per heavy atom. The van der Waals surface area contributed by atoms with Gasteiger partial charge in [-0.2, -0.15) is 0 Å². The minimum atomic E-state index is -0.424. The van der Waals surface area contributed by atoms with Crippen molar-refractivity contribution in [2.75, 3.05) is 16.0 Å². The van der Waals surface area contributed by atoms with Gasteiger partial charge in [0.25, 0.3) is 5.91 Å². The fraction of sp³-hybridized carbons (Fsp3) is 0.167. The summed E-state index contributed by atoms with van der Waals surface area (Å²) in [4.78, 5) is 49.7. The third kappa shape index (κ3) is 8.21. The number of nitrogens with zero attached hydrogens (tertiary/aromatic N) is 3. The van der Waals surface area contributed by atoms with Gasteiger partial charge in [0, 0.05) is 66.3 Å². The zero-order valence-electron chi connectivity index (χ0n) is 25.8. The SMILES string of the molecule is Cc1ccc(NC(=O)c2ccc(CNCc3cccc(NC4CCC(=O)NC4=O)c3)cc2)cc1Nc1nccc(-c2cccnc2)n1. The van der Waals surface area contributed by atoms with Crippen LogP contribution in [0.1, 0.15) is 39.9 Å². The Bertz CT molecular complexity index is 1900. The lowest BCUT2D eigenvalue weighted by Gasteiger charge is -2.23. The third-order valence-corrected chi connectivity index (χ3v) is 7.74. The number of benzene rings is 3. The zero-order chi connectivity index (χ0) is 32.6. The van der Waals surface area contributed by atoms with Gasteiger partial charge in [0.15, 0.2) is 0 Å². The van der Waals surface area contributed by atoms with Gasteiger partial charge in [0.1, 0.15) is 6.04 Å². The Labute approximate surface area is 272 Å². The van der Waals surface area contributed by atoms with Crippen LogP contribution < -0.4 is 26.6 Å². The van der Waals surface area contributed by atoms with E-state index in [1.165, 1.54) is 0 Å². The summed E-state index contributed by atoms with van der Waals surface area (Å²) >= 11 is 0. The molecule has 47 heavy (non-hydrogen) atoms. The average Bonchev–Trinajstić information content (AvgIpc) is 3.08. The number of nitrogens with one attached hydrogen (secondary N) is 5. The van der Waals surface area contributed by atoms with Crippen LogP contribution in [0.2, 0.25) is 0 Å². The standard InChI is InChI=1S/C36H34N8O3/c1-23-7-12-29(19-32(23)43-36-39-17-15-30(42-36)27-5-3-16-37-22-27)41-34(46)26-10-8-24(9-11-26)20-38-21-25-4-2-6-28(18-25)40-31-13-14-33(45)44-35(31)47/h2-12,15-19,22,31,38,40H,13-14,20-21H2,1H3,(H,41,46)(H,39,42,43)(H,44,45,47). The van der Waals surface area contributed by atoms with Crippen LogP contribution in [-0.2, 0) is 22.7 Å². The molecule has 3 amide bonds. The van der Waals surface area contributed by atoms with Gasteiger partial charge in [-0.15, -0.1) is 0 Å². The molecule has 0 bridgehead atoms. The van der Waals surface area contributed by atoms with Gasteiger partial charge in [-0.1, -0.05) is 30.3 Å². The lowest BCUT2D eigenvalue weighted by atomic mass is 10.1. The first kappa shape index (κ1) is 31.1. The van der Waals surface area contributed by atoms with Gasteiger partial charge >= 0.3 is 0 Å². The Morgan fingerprint density at radius 2 is 1.74 bits per heavy atom. The second-order valence-electron chi connectivity index (χ2n) is 11.3. The molecule has 6 rings (SSSR count). The van der Waals surface area contributed by atoms with Crippen LogP contribution in [0.3, 0.4) is 0 Å². The normalized spacial score (nSPS) is 14.3. The molecule has 0 spiro atoms. The number of piperidine rings is 1. The Morgan fingerprint density at radius 1 is 0.894 bits per heavy atom. The predicted molar refractivity (Wildman–Crippen MR) is 181 cm³/mol. The second-order valence-corrected chi connectivity index (χ2v) is 11.3. The van der Waals surface area contributed by atoms with Crippen molar-refractivity contribution in [3.63, 3.8) is 0 Å².